The van der Waals surface area contributed by atoms with Gasteiger partial charge in [-0.2, -0.15) is 0 Å². The van der Waals surface area contributed by atoms with Crippen LogP contribution in [0, 0.1) is 0 Å². The monoisotopic (exact) mass is 318 g/mol. The van der Waals surface area contributed by atoms with E-state index in [0.29, 0.717) is 16.9 Å². The van der Waals surface area contributed by atoms with Crippen LogP contribution in [0.25, 0.3) is 5.57 Å². The van der Waals surface area contributed by atoms with Crippen molar-refractivity contribution < 1.29 is 14.3 Å². The third-order valence-corrected chi connectivity index (χ3v) is 3.68. The van der Waals surface area contributed by atoms with Crippen molar-refractivity contribution in [2.75, 3.05) is 32.3 Å². The van der Waals surface area contributed by atoms with Gasteiger partial charge < -0.3 is 20.5 Å². The molecule has 1 aromatic carbocycles. The van der Waals surface area contributed by atoms with Crippen LogP contribution in [0.1, 0.15) is 43.1 Å². The number of esters is 1. The van der Waals surface area contributed by atoms with Crippen molar-refractivity contribution in [2.24, 2.45) is 0 Å². The molecule has 0 atom stereocenters. The molecule has 0 aliphatic carbocycles. The van der Waals surface area contributed by atoms with Crippen LogP contribution in [0.4, 0.5) is 11.4 Å². The number of allylic oxidation sites excluding steroid dienone is 4. The average molecular weight is 318 g/mol. The fourth-order valence-corrected chi connectivity index (χ4v) is 2.58. The highest BCUT2D eigenvalue weighted by Crippen LogP contribution is 2.34. The van der Waals surface area contributed by atoms with Gasteiger partial charge in [-0.3, -0.25) is 0 Å². The van der Waals surface area contributed by atoms with Gasteiger partial charge in [-0.1, -0.05) is 13.0 Å². The Hall–Kier alpha value is -2.43. The van der Waals surface area contributed by atoms with E-state index in [1.807, 2.05) is 19.9 Å². The van der Waals surface area contributed by atoms with Crippen molar-refractivity contribution >= 4 is 22.9 Å². The number of carbonyl (C=O) groups excluding carboxylic acids is 1. The van der Waals surface area contributed by atoms with Crippen molar-refractivity contribution in [2.45, 2.75) is 27.2 Å². The van der Waals surface area contributed by atoms with Gasteiger partial charge in [0.1, 0.15) is 5.76 Å². The Kier molecular flexibility index (Phi) is 6.69. The van der Waals surface area contributed by atoms with E-state index in [-0.39, 0.29) is 0 Å². The lowest BCUT2D eigenvalue weighted by Gasteiger charge is -2.17. The van der Waals surface area contributed by atoms with E-state index in [0.717, 1.165) is 28.9 Å². The van der Waals surface area contributed by atoms with Crippen LogP contribution in [0.15, 0.2) is 29.5 Å². The van der Waals surface area contributed by atoms with E-state index >= 15 is 0 Å². The smallest absolute Gasteiger partial charge is 0.340 e. The molecule has 1 rings (SSSR count). The molecule has 0 heterocycles. The van der Waals surface area contributed by atoms with Gasteiger partial charge in [0.2, 0.25) is 0 Å². The minimum Gasteiger partial charge on any atom is -0.501 e. The third kappa shape index (κ3) is 4.06. The molecule has 0 amide bonds. The topological polar surface area (TPSA) is 73.6 Å². The highest BCUT2D eigenvalue weighted by molar-refractivity contribution is 6.01. The Bertz CT molecular complexity index is 646. The SMILES string of the molecule is CCC=C(C)C(=C(C)OC)c1cc(N)c(NC)c(C(=O)OC)c1. The van der Waals surface area contributed by atoms with Gasteiger partial charge in [0, 0.05) is 12.6 Å². The van der Waals surface area contributed by atoms with Gasteiger partial charge in [-0.25, -0.2) is 4.79 Å². The molecule has 0 bridgehead atoms. The van der Waals surface area contributed by atoms with E-state index in [4.69, 9.17) is 15.2 Å². The largest absolute Gasteiger partial charge is 0.501 e. The van der Waals surface area contributed by atoms with Crippen molar-refractivity contribution in [3.8, 4) is 0 Å². The van der Waals surface area contributed by atoms with E-state index in [1.165, 1.54) is 7.11 Å². The fourth-order valence-electron chi connectivity index (χ4n) is 2.58. The zero-order valence-electron chi connectivity index (χ0n) is 14.7. The third-order valence-electron chi connectivity index (χ3n) is 3.68. The molecule has 0 aromatic heterocycles. The first-order chi connectivity index (χ1) is 10.9. The zero-order chi connectivity index (χ0) is 17.6. The van der Waals surface area contributed by atoms with E-state index in [1.54, 1.807) is 20.2 Å². The van der Waals surface area contributed by atoms with Crippen LogP contribution in [-0.2, 0) is 9.47 Å². The second-order valence-electron chi connectivity index (χ2n) is 5.16. The summed E-state index contributed by atoms with van der Waals surface area (Å²) in [7, 11) is 4.70. The molecule has 5 heteroatoms. The fraction of sp³-hybridized carbons (Fsp3) is 0.389. The number of ether oxygens (including phenoxy) is 2. The summed E-state index contributed by atoms with van der Waals surface area (Å²) in [5.41, 5.74) is 10.4. The molecule has 126 valence electrons. The number of benzene rings is 1. The maximum Gasteiger partial charge on any atom is 0.340 e. The van der Waals surface area contributed by atoms with Crippen molar-refractivity contribution in [3.05, 3.63) is 40.7 Å². The summed E-state index contributed by atoms with van der Waals surface area (Å²) in [6.45, 7) is 5.98. The summed E-state index contributed by atoms with van der Waals surface area (Å²) in [6, 6.07) is 3.61. The summed E-state index contributed by atoms with van der Waals surface area (Å²) in [5, 5.41) is 2.96. The normalized spacial score (nSPS) is 12.5. The van der Waals surface area contributed by atoms with Crippen molar-refractivity contribution in [3.63, 3.8) is 0 Å². The molecule has 3 N–H and O–H groups in total. The van der Waals surface area contributed by atoms with Crippen molar-refractivity contribution in [1.29, 1.82) is 0 Å². The number of nitrogens with one attached hydrogen (secondary N) is 1. The molecule has 0 saturated heterocycles. The van der Waals surface area contributed by atoms with Crippen LogP contribution in [0.3, 0.4) is 0 Å². The number of hydrogen-bond acceptors (Lipinski definition) is 5. The van der Waals surface area contributed by atoms with E-state index in [9.17, 15) is 4.79 Å². The maximum absolute atomic E-state index is 12.1. The minimum absolute atomic E-state index is 0.399. The van der Waals surface area contributed by atoms with Gasteiger partial charge in [0.05, 0.1) is 31.2 Å². The first kappa shape index (κ1) is 18.6. The van der Waals surface area contributed by atoms with Gasteiger partial charge in [-0.15, -0.1) is 0 Å². The number of nitrogens with two attached hydrogens (primary N) is 1. The lowest BCUT2D eigenvalue weighted by atomic mass is 9.94. The summed E-state index contributed by atoms with van der Waals surface area (Å²) < 4.78 is 10.3. The zero-order valence-corrected chi connectivity index (χ0v) is 14.7. The first-order valence-corrected chi connectivity index (χ1v) is 7.53. The number of hydrogen-bond donors (Lipinski definition) is 2. The molecule has 23 heavy (non-hydrogen) atoms. The standard InChI is InChI=1S/C18H26N2O3/c1-7-8-11(2)16(12(3)22-5)13-9-14(18(21)23-6)17(20-4)15(19)10-13/h8-10,20H,7,19H2,1-6H3. The van der Waals surface area contributed by atoms with Gasteiger partial charge >= 0.3 is 5.97 Å². The predicted molar refractivity (Wildman–Crippen MR) is 95.4 cm³/mol. The molecular weight excluding hydrogens is 292 g/mol. The number of carbonyl (C=O) groups is 1. The Morgan fingerprint density at radius 2 is 1.91 bits per heavy atom. The van der Waals surface area contributed by atoms with E-state index in [2.05, 4.69) is 18.3 Å². The number of anilines is 2. The van der Waals surface area contributed by atoms with E-state index < -0.39 is 5.97 Å². The quantitative estimate of drug-likeness (QED) is 0.361. The Labute approximate surface area is 138 Å². The summed E-state index contributed by atoms with van der Waals surface area (Å²) >= 11 is 0. The number of methoxy groups -OCH3 is 2. The molecule has 0 spiro atoms. The summed E-state index contributed by atoms with van der Waals surface area (Å²) in [5.74, 6) is 0.328. The molecule has 0 fully saturated rings. The first-order valence-electron chi connectivity index (χ1n) is 7.53. The van der Waals surface area contributed by atoms with Crippen LogP contribution in [0.2, 0.25) is 0 Å². The lowest BCUT2D eigenvalue weighted by molar-refractivity contribution is 0.0602. The minimum atomic E-state index is -0.436. The summed E-state index contributed by atoms with van der Waals surface area (Å²) in [6.07, 6.45) is 3.01. The molecule has 1 aromatic rings. The Morgan fingerprint density at radius 1 is 1.26 bits per heavy atom. The van der Waals surface area contributed by atoms with Crippen LogP contribution in [-0.4, -0.2) is 27.2 Å². The van der Waals surface area contributed by atoms with Crippen molar-refractivity contribution in [1.82, 2.24) is 0 Å². The van der Waals surface area contributed by atoms with Gasteiger partial charge in [0.15, 0.2) is 0 Å². The van der Waals surface area contributed by atoms with Crippen LogP contribution in [0.5, 0.6) is 0 Å². The van der Waals surface area contributed by atoms with Crippen LogP contribution >= 0.6 is 0 Å². The van der Waals surface area contributed by atoms with Crippen LogP contribution < -0.4 is 11.1 Å². The van der Waals surface area contributed by atoms with Gasteiger partial charge in [0.25, 0.3) is 0 Å². The number of nitrogen functional groups attached to an aromatic ring is 1. The highest BCUT2D eigenvalue weighted by Gasteiger charge is 2.18. The second kappa shape index (κ2) is 8.27. The molecular formula is C18H26N2O3. The predicted octanol–water partition coefficient (Wildman–Crippen LogP) is 3.83. The average Bonchev–Trinajstić information content (AvgIpc) is 2.53. The lowest BCUT2D eigenvalue weighted by Crippen LogP contribution is -2.09. The molecule has 5 nitrogen and oxygen atoms in total. The Morgan fingerprint density at radius 3 is 2.39 bits per heavy atom. The summed E-state index contributed by atoms with van der Waals surface area (Å²) in [4.78, 5) is 12.1. The molecule has 0 aliphatic heterocycles. The molecule has 0 saturated carbocycles. The highest BCUT2D eigenvalue weighted by atomic mass is 16.5. The molecule has 0 aliphatic rings. The number of rotatable bonds is 6. The molecule has 0 unspecified atom stereocenters. The second-order valence-corrected chi connectivity index (χ2v) is 5.16. The maximum atomic E-state index is 12.1. The van der Waals surface area contributed by atoms with Gasteiger partial charge in [-0.05, 0) is 43.5 Å². The molecule has 0 radical (unpaired) electrons. The Balaban J connectivity index is 3.66.